The van der Waals surface area contributed by atoms with E-state index >= 15 is 0 Å². The van der Waals surface area contributed by atoms with Crippen molar-refractivity contribution in [2.75, 3.05) is 0 Å². The van der Waals surface area contributed by atoms with Crippen molar-refractivity contribution in [1.82, 2.24) is 0 Å². The molecule has 0 spiro atoms. The van der Waals surface area contributed by atoms with Crippen molar-refractivity contribution in [2.24, 2.45) is 0 Å². The van der Waals surface area contributed by atoms with E-state index in [0.29, 0.717) is 12.1 Å². The van der Waals surface area contributed by atoms with Gasteiger partial charge in [-0.25, -0.2) is 12.8 Å². The van der Waals surface area contributed by atoms with Gasteiger partial charge in [0.15, 0.2) is 6.16 Å². The van der Waals surface area contributed by atoms with Crippen LogP contribution in [-0.2, 0) is 16.3 Å². The molecule has 1 aromatic rings. The maximum Gasteiger partial charge on any atom is 0.408 e. The third kappa shape index (κ3) is 5.00. The normalized spacial score (nSPS) is 12.1. The maximum absolute atomic E-state index is 12.8. The molecule has 0 heterocycles. The van der Waals surface area contributed by atoms with Crippen molar-refractivity contribution in [1.29, 1.82) is 0 Å². The summed E-state index contributed by atoms with van der Waals surface area (Å²) in [6.45, 7) is 0. The van der Waals surface area contributed by atoms with E-state index in [1.54, 1.807) is 0 Å². The molecule has 0 fully saturated rings. The van der Waals surface area contributed by atoms with Crippen LogP contribution in [0.4, 0.5) is 4.39 Å². The number of halogens is 1. The molecule has 0 amide bonds. The largest absolute Gasteiger partial charge is 0.744 e. The van der Waals surface area contributed by atoms with E-state index < -0.39 is 40.5 Å². The van der Waals surface area contributed by atoms with E-state index in [1.165, 1.54) is 0 Å². The van der Waals surface area contributed by atoms with Crippen LogP contribution in [0.15, 0.2) is 23.1 Å². The molecule has 1 aromatic carbocycles. The summed E-state index contributed by atoms with van der Waals surface area (Å²) in [5.41, 5.74) is -0.462. The maximum atomic E-state index is 12.8. The average Bonchev–Trinajstić information content (AvgIpc) is 1.97. The molecule has 7 nitrogen and oxygen atoms in total. The summed E-state index contributed by atoms with van der Waals surface area (Å²) in [5.74, 6) is -0.851. The van der Waals surface area contributed by atoms with Gasteiger partial charge in [0.25, 0.3) is 0 Å². The first-order chi connectivity index (χ1) is 7.09. The zero-order valence-electron chi connectivity index (χ0n) is 8.24. The smallest absolute Gasteiger partial charge is 0.408 e. The molecule has 0 saturated heterocycles. The van der Waals surface area contributed by atoms with Crippen molar-refractivity contribution in [3.05, 3.63) is 29.6 Å². The van der Waals surface area contributed by atoms with Crippen molar-refractivity contribution < 1.29 is 37.5 Å². The monoisotopic (exact) mass is 288 g/mol. The quantitative estimate of drug-likeness (QED) is 0.486. The number of hydrogen-bond donors (Lipinski definition) is 3. The van der Waals surface area contributed by atoms with E-state index in [4.69, 9.17) is 14.7 Å². The Hall–Kier alpha value is -0.670. The van der Waals surface area contributed by atoms with E-state index in [2.05, 4.69) is 0 Å². The van der Waals surface area contributed by atoms with E-state index in [9.17, 15) is 17.4 Å². The van der Waals surface area contributed by atoms with Crippen LogP contribution in [0.5, 0.6) is 0 Å². The van der Waals surface area contributed by atoms with Gasteiger partial charge in [-0.3, -0.25) is 0 Å². The first kappa shape index (κ1) is 16.3. The molecule has 0 bridgehead atoms. The second kappa shape index (κ2) is 5.32. The van der Waals surface area contributed by atoms with Crippen LogP contribution < -0.4 is 0 Å². The molecule has 0 unspecified atom stereocenters. The minimum Gasteiger partial charge on any atom is -0.744 e. The standard InChI is InChI=1S/C7H8FO6PS.H2O/c8-6-1-2-7(16(12,13)14)5(3-6)4-15(9,10)11;/h1-3,9-11H,4H2;1H2. The first-order valence-electron chi connectivity index (χ1n) is 3.90. The zero-order valence-corrected chi connectivity index (χ0v) is 9.95. The molecule has 5 N–H and O–H groups in total. The van der Waals surface area contributed by atoms with Crippen molar-refractivity contribution in [3.8, 4) is 0 Å². The van der Waals surface area contributed by atoms with Crippen LogP contribution in [0.1, 0.15) is 5.56 Å². The SMILES string of the molecule is O.O=S(=O)([O-])c1ccc(F)cc1C[P+](O)(O)O. The Bertz CT molecular complexity index is 495. The summed E-state index contributed by atoms with van der Waals surface area (Å²) in [5, 5.41) is 0. The van der Waals surface area contributed by atoms with Crippen LogP contribution >= 0.6 is 7.94 Å². The first-order valence-corrected chi connectivity index (χ1v) is 7.14. The highest BCUT2D eigenvalue weighted by Crippen LogP contribution is 2.49. The summed E-state index contributed by atoms with van der Waals surface area (Å²) in [6, 6.07) is 2.12. The van der Waals surface area contributed by atoms with E-state index in [-0.39, 0.29) is 5.48 Å². The van der Waals surface area contributed by atoms with Crippen molar-refractivity contribution in [2.45, 2.75) is 11.1 Å². The Kier molecular flexibility index (Phi) is 5.11. The Morgan fingerprint density at radius 2 is 1.82 bits per heavy atom. The van der Waals surface area contributed by atoms with Crippen LogP contribution in [0.25, 0.3) is 0 Å². The molecule has 0 aromatic heterocycles. The lowest BCUT2D eigenvalue weighted by atomic mass is 10.2. The summed E-state index contributed by atoms with van der Waals surface area (Å²) >= 11 is 0. The summed E-state index contributed by atoms with van der Waals surface area (Å²) in [6.07, 6.45) is -0.887. The third-order valence-corrected chi connectivity index (χ3v) is 3.38. The fourth-order valence-corrected chi connectivity index (χ4v) is 2.66. The van der Waals surface area contributed by atoms with Gasteiger partial charge in [0.05, 0.1) is 4.90 Å². The molecule has 98 valence electrons. The average molecular weight is 288 g/mol. The lowest BCUT2D eigenvalue weighted by molar-refractivity contribution is 0.328. The van der Waals surface area contributed by atoms with Gasteiger partial charge in [0, 0.05) is 5.56 Å². The van der Waals surface area contributed by atoms with Crippen molar-refractivity contribution in [3.63, 3.8) is 0 Å². The highest BCUT2D eigenvalue weighted by molar-refractivity contribution is 7.85. The van der Waals surface area contributed by atoms with Gasteiger partial charge in [-0.15, -0.1) is 0 Å². The van der Waals surface area contributed by atoms with Crippen LogP contribution in [0, 0.1) is 5.82 Å². The summed E-state index contributed by atoms with van der Waals surface area (Å²) < 4.78 is 45.0. The molecule has 17 heavy (non-hydrogen) atoms. The van der Waals surface area contributed by atoms with Gasteiger partial charge < -0.3 is 10.0 Å². The second-order valence-corrected chi connectivity index (χ2v) is 6.11. The van der Waals surface area contributed by atoms with Gasteiger partial charge in [0.2, 0.25) is 0 Å². The van der Waals surface area contributed by atoms with Crippen molar-refractivity contribution >= 4 is 18.1 Å². The third-order valence-electron chi connectivity index (χ3n) is 1.67. The summed E-state index contributed by atoms with van der Waals surface area (Å²) in [7, 11) is -9.18. The highest BCUT2D eigenvalue weighted by atomic mass is 32.2. The Balaban J connectivity index is 0.00000256. The molecular weight excluding hydrogens is 278 g/mol. The molecule has 0 aliphatic heterocycles. The van der Waals surface area contributed by atoms with Gasteiger partial charge in [-0.05, 0) is 18.2 Å². The van der Waals surface area contributed by atoms with Crippen LogP contribution in [0.3, 0.4) is 0 Å². The second-order valence-electron chi connectivity index (χ2n) is 3.06. The Labute approximate surface area is 96.8 Å². The molecule has 1 rings (SSSR count). The fraction of sp³-hybridized carbons (Fsp3) is 0.143. The van der Waals surface area contributed by atoms with Gasteiger partial charge >= 0.3 is 7.94 Å². The molecule has 10 heteroatoms. The van der Waals surface area contributed by atoms with E-state index in [1.807, 2.05) is 0 Å². The van der Waals surface area contributed by atoms with Gasteiger partial charge in [-0.1, -0.05) is 0 Å². The Morgan fingerprint density at radius 1 is 1.29 bits per heavy atom. The number of hydrogen-bond acceptors (Lipinski definition) is 6. The highest BCUT2D eigenvalue weighted by Gasteiger charge is 2.32. The van der Waals surface area contributed by atoms with Crippen LogP contribution in [-0.4, -0.2) is 33.1 Å². The predicted octanol–water partition coefficient (Wildman–Crippen LogP) is -0.855. The lowest BCUT2D eigenvalue weighted by Crippen LogP contribution is -2.05. The molecule has 0 aliphatic carbocycles. The molecular formula is C7H10FO7PS. The molecule has 0 atom stereocenters. The fourth-order valence-electron chi connectivity index (χ4n) is 1.14. The Morgan fingerprint density at radius 3 is 2.24 bits per heavy atom. The lowest BCUT2D eigenvalue weighted by Gasteiger charge is -2.12. The summed E-state index contributed by atoms with van der Waals surface area (Å²) in [4.78, 5) is 25.5. The number of benzene rings is 1. The number of rotatable bonds is 3. The minimum atomic E-state index is -4.85. The van der Waals surface area contributed by atoms with Gasteiger partial charge in [0.1, 0.15) is 15.9 Å². The zero-order chi connectivity index (χ0) is 12.6. The van der Waals surface area contributed by atoms with Gasteiger partial charge in [-0.2, -0.15) is 14.7 Å². The molecule has 0 aliphatic rings. The van der Waals surface area contributed by atoms with E-state index in [0.717, 1.165) is 6.07 Å². The molecule has 0 radical (unpaired) electrons. The molecule has 0 saturated carbocycles. The van der Waals surface area contributed by atoms with Crippen LogP contribution in [0.2, 0.25) is 0 Å². The topological polar surface area (TPSA) is 149 Å². The minimum absolute atomic E-state index is 0. The predicted molar refractivity (Wildman–Crippen MR) is 55.3 cm³/mol.